The zero-order valence-corrected chi connectivity index (χ0v) is 14.8. The molecule has 1 atom stereocenters. The molecule has 0 aliphatic heterocycles. The van der Waals surface area contributed by atoms with Crippen LogP contribution in [0.4, 0.5) is 22.0 Å². The highest BCUT2D eigenvalue weighted by atomic mass is 32.2. The average Bonchev–Trinajstić information content (AvgIpc) is 2.33. The van der Waals surface area contributed by atoms with Crippen LogP contribution in [0, 0.1) is 0 Å². The Bertz CT molecular complexity index is 364. The summed E-state index contributed by atoms with van der Waals surface area (Å²) in [6, 6.07) is 0. The molecule has 0 aromatic carbocycles. The van der Waals surface area contributed by atoms with E-state index in [0.717, 1.165) is 24.6 Å². The molecule has 0 spiro atoms. The summed E-state index contributed by atoms with van der Waals surface area (Å²) in [5, 5.41) is -0.718. The van der Waals surface area contributed by atoms with Crippen molar-refractivity contribution in [1.82, 2.24) is 0 Å². The van der Waals surface area contributed by atoms with Crippen LogP contribution in [0.2, 0.25) is 0 Å². The molecule has 0 amide bonds. The fourth-order valence-corrected chi connectivity index (χ4v) is 2.86. The fourth-order valence-electron chi connectivity index (χ4n) is 1.69. The first kappa shape index (κ1) is 22.5. The summed E-state index contributed by atoms with van der Waals surface area (Å²) in [6.07, 6.45) is -4.02. The zero-order valence-electron chi connectivity index (χ0n) is 13.9. The third-order valence-corrected chi connectivity index (χ3v) is 4.16. The number of thioether (sulfide) groups is 1. The molecule has 2 nitrogen and oxygen atoms in total. The second kappa shape index (κ2) is 9.08. The Balaban J connectivity index is 4.61. The van der Waals surface area contributed by atoms with Crippen LogP contribution in [-0.2, 0) is 9.53 Å². The Morgan fingerprint density at radius 3 is 2.09 bits per heavy atom. The van der Waals surface area contributed by atoms with Gasteiger partial charge in [0.15, 0.2) is 0 Å². The van der Waals surface area contributed by atoms with Crippen molar-refractivity contribution in [2.24, 2.45) is 0 Å². The maximum Gasteiger partial charge on any atom is 0.453 e. The lowest BCUT2D eigenvalue weighted by molar-refractivity contribution is -0.282. The second-order valence-corrected chi connectivity index (χ2v) is 7.65. The molecule has 0 aliphatic rings. The van der Waals surface area contributed by atoms with Crippen molar-refractivity contribution in [2.75, 3.05) is 5.75 Å². The van der Waals surface area contributed by atoms with E-state index in [4.69, 9.17) is 4.74 Å². The van der Waals surface area contributed by atoms with E-state index in [1.54, 1.807) is 20.8 Å². The van der Waals surface area contributed by atoms with Gasteiger partial charge in [0.2, 0.25) is 0 Å². The number of unbranched alkanes of at least 4 members (excludes halogenated alkanes) is 2. The highest BCUT2D eigenvalue weighted by molar-refractivity contribution is 8.00. The number of ether oxygens (including phenoxy) is 1. The van der Waals surface area contributed by atoms with Gasteiger partial charge in [-0.25, -0.2) is 0 Å². The van der Waals surface area contributed by atoms with Gasteiger partial charge in [-0.1, -0.05) is 26.2 Å². The molecule has 0 rings (SSSR count). The van der Waals surface area contributed by atoms with Crippen molar-refractivity contribution >= 4 is 17.7 Å². The van der Waals surface area contributed by atoms with Crippen LogP contribution >= 0.6 is 11.8 Å². The molecule has 0 aliphatic carbocycles. The van der Waals surface area contributed by atoms with E-state index in [1.165, 1.54) is 0 Å². The molecule has 0 heterocycles. The molecule has 0 radical (unpaired) electrons. The number of carbonyl (C=O) groups excluding carboxylic acids is 1. The summed E-state index contributed by atoms with van der Waals surface area (Å²) in [4.78, 5) is 12.1. The highest BCUT2D eigenvalue weighted by Crippen LogP contribution is 2.39. The van der Waals surface area contributed by atoms with Crippen LogP contribution in [0.3, 0.4) is 0 Å². The van der Waals surface area contributed by atoms with Crippen LogP contribution in [0.1, 0.15) is 59.8 Å². The van der Waals surface area contributed by atoms with Gasteiger partial charge in [-0.3, -0.25) is 4.79 Å². The van der Waals surface area contributed by atoms with Gasteiger partial charge in [-0.05, 0) is 27.2 Å². The Hall–Kier alpha value is -0.530. The molecule has 138 valence electrons. The molecule has 1 unspecified atom stereocenters. The number of alkyl halides is 5. The standard InChI is InChI=1S/C15H25F5O2S/c1-5-6-7-8-11(12(21)22-13(2,3)4)23-10-9-14(16,17)15(18,19)20/h11H,5-10H2,1-4H3. The Morgan fingerprint density at radius 1 is 1.09 bits per heavy atom. The van der Waals surface area contributed by atoms with Crippen LogP contribution < -0.4 is 0 Å². The average molecular weight is 364 g/mol. The molecule has 0 bridgehead atoms. The molecule has 0 saturated heterocycles. The van der Waals surface area contributed by atoms with Gasteiger partial charge in [-0.15, -0.1) is 11.8 Å². The Kier molecular flexibility index (Phi) is 8.87. The van der Waals surface area contributed by atoms with Gasteiger partial charge in [0.25, 0.3) is 0 Å². The first-order valence-corrected chi connectivity index (χ1v) is 8.64. The number of carbonyl (C=O) groups is 1. The van der Waals surface area contributed by atoms with E-state index in [0.29, 0.717) is 12.8 Å². The maximum atomic E-state index is 12.9. The Labute approximate surface area is 138 Å². The van der Waals surface area contributed by atoms with Gasteiger partial charge in [0, 0.05) is 12.2 Å². The van der Waals surface area contributed by atoms with E-state index in [1.807, 2.05) is 6.92 Å². The molecule has 0 fully saturated rings. The molecule has 23 heavy (non-hydrogen) atoms. The normalized spacial score (nSPS) is 14.7. The van der Waals surface area contributed by atoms with Crippen molar-refractivity contribution in [2.45, 2.75) is 82.7 Å². The minimum absolute atomic E-state index is 0.408. The minimum atomic E-state index is -5.56. The van der Waals surface area contributed by atoms with Crippen molar-refractivity contribution in [3.63, 3.8) is 0 Å². The number of hydrogen-bond acceptors (Lipinski definition) is 3. The molecule has 8 heteroatoms. The van der Waals surface area contributed by atoms with Gasteiger partial charge < -0.3 is 4.74 Å². The predicted molar refractivity (Wildman–Crippen MR) is 81.9 cm³/mol. The molecule has 0 saturated carbocycles. The molecule has 0 aromatic rings. The predicted octanol–water partition coefficient (Wildman–Crippen LogP) is 5.60. The van der Waals surface area contributed by atoms with Gasteiger partial charge in [-0.2, -0.15) is 22.0 Å². The minimum Gasteiger partial charge on any atom is -0.459 e. The van der Waals surface area contributed by atoms with E-state index in [9.17, 15) is 26.7 Å². The topological polar surface area (TPSA) is 26.3 Å². The van der Waals surface area contributed by atoms with Gasteiger partial charge in [0.05, 0.1) is 0 Å². The van der Waals surface area contributed by atoms with Crippen molar-refractivity contribution in [3.05, 3.63) is 0 Å². The van der Waals surface area contributed by atoms with E-state index in [2.05, 4.69) is 0 Å². The summed E-state index contributed by atoms with van der Waals surface area (Å²) in [5.74, 6) is -5.75. The molecule has 0 N–H and O–H groups in total. The molecule has 0 aromatic heterocycles. The second-order valence-electron chi connectivity index (χ2n) is 6.34. The number of halogens is 5. The maximum absolute atomic E-state index is 12.9. The monoisotopic (exact) mass is 364 g/mol. The van der Waals surface area contributed by atoms with Gasteiger partial charge in [0.1, 0.15) is 10.9 Å². The molecular weight excluding hydrogens is 339 g/mol. The third-order valence-electron chi connectivity index (χ3n) is 2.89. The number of esters is 1. The Morgan fingerprint density at radius 2 is 1.65 bits per heavy atom. The highest BCUT2D eigenvalue weighted by Gasteiger charge is 2.56. The van der Waals surface area contributed by atoms with E-state index in [-0.39, 0.29) is 0 Å². The van der Waals surface area contributed by atoms with Crippen LogP contribution in [0.25, 0.3) is 0 Å². The molecular formula is C15H25F5O2S. The smallest absolute Gasteiger partial charge is 0.453 e. The first-order chi connectivity index (χ1) is 10.3. The van der Waals surface area contributed by atoms with E-state index >= 15 is 0 Å². The van der Waals surface area contributed by atoms with Crippen LogP contribution in [-0.4, -0.2) is 34.7 Å². The summed E-state index contributed by atoms with van der Waals surface area (Å²) < 4.78 is 67.4. The quantitative estimate of drug-likeness (QED) is 0.303. The zero-order chi connectivity index (χ0) is 18.3. The van der Waals surface area contributed by atoms with Crippen molar-refractivity contribution < 1.29 is 31.5 Å². The SMILES string of the molecule is CCCCCC(SCCC(F)(F)C(F)(F)F)C(=O)OC(C)(C)C. The lowest BCUT2D eigenvalue weighted by Gasteiger charge is -2.24. The van der Waals surface area contributed by atoms with Crippen LogP contribution in [0.15, 0.2) is 0 Å². The largest absolute Gasteiger partial charge is 0.459 e. The van der Waals surface area contributed by atoms with Gasteiger partial charge >= 0.3 is 18.1 Å². The third kappa shape index (κ3) is 9.37. The summed E-state index contributed by atoms with van der Waals surface area (Å²) >= 11 is 0.809. The first-order valence-electron chi connectivity index (χ1n) is 7.59. The number of hydrogen-bond donors (Lipinski definition) is 0. The van der Waals surface area contributed by atoms with Crippen LogP contribution in [0.5, 0.6) is 0 Å². The summed E-state index contributed by atoms with van der Waals surface area (Å²) in [7, 11) is 0. The van der Waals surface area contributed by atoms with E-state index < -0.39 is 41.1 Å². The number of rotatable bonds is 9. The summed E-state index contributed by atoms with van der Waals surface area (Å²) in [5.41, 5.74) is -0.726. The van der Waals surface area contributed by atoms with Crippen molar-refractivity contribution in [3.8, 4) is 0 Å². The summed E-state index contributed by atoms with van der Waals surface area (Å²) in [6.45, 7) is 7.00. The fraction of sp³-hybridized carbons (Fsp3) is 0.933. The lowest BCUT2D eigenvalue weighted by Crippen LogP contribution is -2.37. The van der Waals surface area contributed by atoms with Crippen molar-refractivity contribution in [1.29, 1.82) is 0 Å². The lowest BCUT2D eigenvalue weighted by atomic mass is 10.1.